The molecular weight excluding hydrogens is 320 g/mol. The van der Waals surface area contributed by atoms with Crippen molar-refractivity contribution in [2.75, 3.05) is 14.2 Å². The van der Waals surface area contributed by atoms with Crippen molar-refractivity contribution in [1.82, 2.24) is 0 Å². The van der Waals surface area contributed by atoms with E-state index in [1.165, 1.54) is 44.6 Å². The fraction of sp³-hybridized carbons (Fsp3) is 0.188. The summed E-state index contributed by atoms with van der Waals surface area (Å²) in [6, 6.07) is 10.4. The SMILES string of the molecule is COC(=O)c1cc(OC)ccc1OS(=O)(=O)c1ccc(C)cc1. The Morgan fingerprint density at radius 3 is 2.22 bits per heavy atom. The molecule has 0 aliphatic heterocycles. The van der Waals surface area contributed by atoms with Crippen LogP contribution in [0.5, 0.6) is 11.5 Å². The van der Waals surface area contributed by atoms with Crippen molar-refractivity contribution < 1.29 is 26.9 Å². The lowest BCUT2D eigenvalue weighted by atomic mass is 10.2. The molecule has 23 heavy (non-hydrogen) atoms. The van der Waals surface area contributed by atoms with Crippen LogP contribution in [0.25, 0.3) is 0 Å². The Bertz CT molecular complexity index is 809. The van der Waals surface area contributed by atoms with E-state index in [4.69, 9.17) is 8.92 Å². The summed E-state index contributed by atoms with van der Waals surface area (Å²) in [7, 11) is -1.44. The van der Waals surface area contributed by atoms with Gasteiger partial charge in [-0.1, -0.05) is 17.7 Å². The van der Waals surface area contributed by atoms with Crippen molar-refractivity contribution in [1.29, 1.82) is 0 Å². The summed E-state index contributed by atoms with van der Waals surface area (Å²) in [6.45, 7) is 1.84. The molecule has 0 aliphatic carbocycles. The Balaban J connectivity index is 2.42. The summed E-state index contributed by atoms with van der Waals surface area (Å²) in [5.41, 5.74) is 0.881. The summed E-state index contributed by atoms with van der Waals surface area (Å²) in [5, 5.41) is 0. The standard InChI is InChI=1S/C16H16O6S/c1-11-4-7-13(8-5-11)23(18,19)22-15-9-6-12(20-2)10-14(15)16(17)21-3/h4-10H,1-3H3. The van der Waals surface area contributed by atoms with Crippen molar-refractivity contribution in [3.63, 3.8) is 0 Å². The molecule has 0 aromatic heterocycles. The number of esters is 1. The molecule has 0 heterocycles. The molecule has 0 atom stereocenters. The quantitative estimate of drug-likeness (QED) is 0.617. The normalized spacial score (nSPS) is 10.9. The predicted molar refractivity (Wildman–Crippen MR) is 83.3 cm³/mol. The molecule has 2 rings (SSSR count). The van der Waals surface area contributed by atoms with Crippen LogP contribution >= 0.6 is 0 Å². The molecule has 0 unspecified atom stereocenters. The molecule has 2 aromatic rings. The van der Waals surface area contributed by atoms with E-state index < -0.39 is 16.1 Å². The van der Waals surface area contributed by atoms with E-state index in [0.29, 0.717) is 5.75 Å². The maximum atomic E-state index is 12.3. The summed E-state index contributed by atoms with van der Waals surface area (Å²) in [5.74, 6) is -0.471. The van der Waals surface area contributed by atoms with Crippen molar-refractivity contribution in [2.45, 2.75) is 11.8 Å². The largest absolute Gasteiger partial charge is 0.497 e. The van der Waals surface area contributed by atoms with Gasteiger partial charge < -0.3 is 13.7 Å². The Morgan fingerprint density at radius 2 is 1.65 bits per heavy atom. The summed E-state index contributed by atoms with van der Waals surface area (Å²) in [6.07, 6.45) is 0. The highest BCUT2D eigenvalue weighted by Gasteiger charge is 2.22. The lowest BCUT2D eigenvalue weighted by molar-refractivity contribution is 0.0598. The molecule has 0 spiro atoms. The van der Waals surface area contributed by atoms with E-state index in [1.807, 2.05) is 6.92 Å². The van der Waals surface area contributed by atoms with Crippen LogP contribution in [0.3, 0.4) is 0 Å². The Hall–Kier alpha value is -2.54. The number of ether oxygens (including phenoxy) is 2. The number of hydrogen-bond acceptors (Lipinski definition) is 6. The van der Waals surface area contributed by atoms with Crippen molar-refractivity contribution in [3.05, 3.63) is 53.6 Å². The second-order valence-corrected chi connectivity index (χ2v) is 6.25. The van der Waals surface area contributed by atoms with Gasteiger partial charge in [0.15, 0.2) is 5.75 Å². The molecule has 0 amide bonds. The van der Waals surface area contributed by atoms with Gasteiger partial charge in [-0.15, -0.1) is 0 Å². The number of hydrogen-bond donors (Lipinski definition) is 0. The van der Waals surface area contributed by atoms with Gasteiger partial charge in [-0.3, -0.25) is 0 Å². The molecule has 0 N–H and O–H groups in total. The van der Waals surface area contributed by atoms with Crippen LogP contribution in [0.15, 0.2) is 47.4 Å². The van der Waals surface area contributed by atoms with Gasteiger partial charge in [-0.25, -0.2) is 4.79 Å². The van der Waals surface area contributed by atoms with E-state index >= 15 is 0 Å². The highest BCUT2D eigenvalue weighted by Crippen LogP contribution is 2.28. The molecule has 0 saturated heterocycles. The lowest BCUT2D eigenvalue weighted by Gasteiger charge is -2.11. The van der Waals surface area contributed by atoms with Crippen molar-refractivity contribution in [2.24, 2.45) is 0 Å². The Labute approximate surface area is 134 Å². The maximum absolute atomic E-state index is 12.3. The third kappa shape index (κ3) is 3.81. The zero-order chi connectivity index (χ0) is 17.0. The number of aryl methyl sites for hydroxylation is 1. The molecule has 6 nitrogen and oxygen atoms in total. The summed E-state index contributed by atoms with van der Waals surface area (Å²) in [4.78, 5) is 11.8. The third-order valence-electron chi connectivity index (χ3n) is 3.10. The number of carbonyl (C=O) groups is 1. The second-order valence-electron chi connectivity index (χ2n) is 4.70. The van der Waals surface area contributed by atoms with Gasteiger partial charge in [0.1, 0.15) is 16.2 Å². The average Bonchev–Trinajstić information content (AvgIpc) is 2.54. The molecular formula is C16H16O6S. The molecule has 0 aliphatic rings. The van der Waals surface area contributed by atoms with Crippen LogP contribution in [0.2, 0.25) is 0 Å². The first-order valence-electron chi connectivity index (χ1n) is 6.65. The van der Waals surface area contributed by atoms with Gasteiger partial charge in [-0.2, -0.15) is 8.42 Å². The fourth-order valence-electron chi connectivity index (χ4n) is 1.85. The van der Waals surface area contributed by atoms with E-state index in [2.05, 4.69) is 4.74 Å². The van der Waals surface area contributed by atoms with E-state index in [9.17, 15) is 13.2 Å². The van der Waals surface area contributed by atoms with Crippen LogP contribution in [0.1, 0.15) is 15.9 Å². The van der Waals surface area contributed by atoms with Crippen molar-refractivity contribution in [3.8, 4) is 11.5 Å². The van der Waals surface area contributed by atoms with Crippen LogP contribution in [0, 0.1) is 6.92 Å². The number of methoxy groups -OCH3 is 2. The van der Waals surface area contributed by atoms with E-state index in [1.54, 1.807) is 12.1 Å². The van der Waals surface area contributed by atoms with Crippen LogP contribution in [0.4, 0.5) is 0 Å². The van der Waals surface area contributed by atoms with E-state index in [-0.39, 0.29) is 16.2 Å². The first kappa shape index (κ1) is 16.8. The van der Waals surface area contributed by atoms with Gasteiger partial charge in [-0.05, 0) is 37.3 Å². The van der Waals surface area contributed by atoms with Crippen molar-refractivity contribution >= 4 is 16.1 Å². The fourth-order valence-corrected chi connectivity index (χ4v) is 2.80. The summed E-state index contributed by atoms with van der Waals surface area (Å²) >= 11 is 0. The predicted octanol–water partition coefficient (Wildman–Crippen LogP) is 2.56. The zero-order valence-electron chi connectivity index (χ0n) is 12.9. The first-order valence-corrected chi connectivity index (χ1v) is 8.05. The van der Waals surface area contributed by atoms with Gasteiger partial charge >= 0.3 is 16.1 Å². The smallest absolute Gasteiger partial charge is 0.341 e. The van der Waals surface area contributed by atoms with Gasteiger partial charge in [0.2, 0.25) is 0 Å². The molecule has 7 heteroatoms. The molecule has 2 aromatic carbocycles. The van der Waals surface area contributed by atoms with Crippen LogP contribution < -0.4 is 8.92 Å². The number of carbonyl (C=O) groups excluding carboxylic acids is 1. The first-order chi connectivity index (χ1) is 10.9. The average molecular weight is 336 g/mol. The van der Waals surface area contributed by atoms with Gasteiger partial charge in [0.05, 0.1) is 14.2 Å². The Morgan fingerprint density at radius 1 is 1.00 bits per heavy atom. The maximum Gasteiger partial charge on any atom is 0.341 e. The topological polar surface area (TPSA) is 78.9 Å². The van der Waals surface area contributed by atoms with Crippen LogP contribution in [-0.2, 0) is 14.9 Å². The van der Waals surface area contributed by atoms with Gasteiger partial charge in [0, 0.05) is 0 Å². The van der Waals surface area contributed by atoms with E-state index in [0.717, 1.165) is 5.56 Å². The second kappa shape index (κ2) is 6.70. The minimum atomic E-state index is -4.06. The summed E-state index contributed by atoms with van der Waals surface area (Å²) < 4.78 is 39.4. The molecule has 122 valence electrons. The number of rotatable bonds is 5. The highest BCUT2D eigenvalue weighted by molar-refractivity contribution is 7.87. The Kier molecular flexibility index (Phi) is 4.90. The molecule has 0 bridgehead atoms. The third-order valence-corrected chi connectivity index (χ3v) is 4.35. The monoisotopic (exact) mass is 336 g/mol. The molecule has 0 radical (unpaired) electrons. The minimum Gasteiger partial charge on any atom is -0.497 e. The van der Waals surface area contributed by atoms with Gasteiger partial charge in [0.25, 0.3) is 0 Å². The number of benzene rings is 2. The molecule has 0 saturated carbocycles. The zero-order valence-corrected chi connectivity index (χ0v) is 13.7. The molecule has 0 fully saturated rings. The lowest BCUT2D eigenvalue weighted by Crippen LogP contribution is -2.13. The van der Waals surface area contributed by atoms with Crippen LogP contribution in [-0.4, -0.2) is 28.6 Å². The highest BCUT2D eigenvalue weighted by atomic mass is 32.2. The minimum absolute atomic E-state index is 0.00488.